The molecule has 0 radical (unpaired) electrons. The van der Waals surface area contributed by atoms with Gasteiger partial charge in [-0.15, -0.1) is 22.7 Å². The number of benzene rings is 1. The molecule has 4 rings (SSSR count). The Hall–Kier alpha value is -1.71. The summed E-state index contributed by atoms with van der Waals surface area (Å²) in [4.78, 5) is 26.3. The molecule has 0 saturated heterocycles. The average Bonchev–Trinajstić information content (AvgIpc) is 3.18. The molecule has 1 aromatic carbocycles. The van der Waals surface area contributed by atoms with E-state index in [1.165, 1.54) is 22.7 Å². The Balaban J connectivity index is 1.55. The highest BCUT2D eigenvalue weighted by Gasteiger charge is 2.27. The lowest BCUT2D eigenvalue weighted by molar-refractivity contribution is 0.0979. The lowest BCUT2D eigenvalue weighted by atomic mass is 9.88. The number of halogens is 2. The normalized spacial score (nSPS) is 15.6. The number of thiocarbonyl (C=S) groups is 1. The molecule has 2 aromatic heterocycles. The van der Waals surface area contributed by atoms with Gasteiger partial charge in [0.15, 0.2) is 5.11 Å². The summed E-state index contributed by atoms with van der Waals surface area (Å²) in [5, 5.41) is 7.96. The zero-order chi connectivity index (χ0) is 21.6. The fourth-order valence-corrected chi connectivity index (χ4v) is 6.95. The lowest BCUT2D eigenvalue weighted by Crippen LogP contribution is -2.34. The zero-order valence-electron chi connectivity index (χ0n) is 15.8. The van der Waals surface area contributed by atoms with E-state index >= 15 is 0 Å². The van der Waals surface area contributed by atoms with Gasteiger partial charge >= 0.3 is 0 Å². The molecule has 3 aromatic rings. The molecule has 1 atom stereocenters. The van der Waals surface area contributed by atoms with Gasteiger partial charge in [0.05, 0.1) is 10.6 Å². The van der Waals surface area contributed by atoms with Crippen molar-refractivity contribution >= 4 is 90.1 Å². The van der Waals surface area contributed by atoms with Crippen LogP contribution in [0.1, 0.15) is 43.8 Å². The molecule has 1 aliphatic rings. The quantitative estimate of drug-likeness (QED) is 0.410. The van der Waals surface area contributed by atoms with Gasteiger partial charge in [-0.2, -0.15) is 0 Å². The smallest absolute Gasteiger partial charge is 0.269 e. The predicted molar refractivity (Wildman–Crippen MR) is 130 cm³/mol. The molecule has 10 heteroatoms. The standard InChI is InChI=1S/C20H17Cl2N3O2S3/c1-8-2-4-10-12(6-8)30-19(14(10)17(23)26)25-20(28)24-18(27)16-15(22)11-5-3-9(21)7-13(11)29-16/h3,5,7-8H,2,4,6H2,1H3,(H2,23,26)(H2,24,25,27,28)/t8-/m0/s1. The molecule has 30 heavy (non-hydrogen) atoms. The first-order valence-corrected chi connectivity index (χ1v) is 12.0. The van der Waals surface area contributed by atoms with Gasteiger partial charge in [0.1, 0.15) is 9.88 Å². The molecule has 1 aliphatic carbocycles. The average molecular weight is 498 g/mol. The fourth-order valence-electron chi connectivity index (χ4n) is 3.58. The van der Waals surface area contributed by atoms with Gasteiger partial charge in [-0.05, 0) is 55.1 Å². The van der Waals surface area contributed by atoms with Crippen LogP contribution in [-0.4, -0.2) is 16.9 Å². The third-order valence-electron chi connectivity index (χ3n) is 5.01. The van der Waals surface area contributed by atoms with Crippen molar-refractivity contribution in [3.8, 4) is 0 Å². The van der Waals surface area contributed by atoms with E-state index in [9.17, 15) is 9.59 Å². The number of nitrogens with two attached hydrogens (primary N) is 1. The van der Waals surface area contributed by atoms with Crippen LogP contribution in [0.15, 0.2) is 18.2 Å². The number of hydrogen-bond donors (Lipinski definition) is 3. The van der Waals surface area contributed by atoms with Gasteiger partial charge in [0.25, 0.3) is 11.8 Å². The number of primary amides is 1. The first-order valence-electron chi connectivity index (χ1n) is 9.18. The van der Waals surface area contributed by atoms with Crippen molar-refractivity contribution in [2.75, 3.05) is 5.32 Å². The number of anilines is 1. The molecule has 156 valence electrons. The molecule has 0 unspecified atom stereocenters. The molecular weight excluding hydrogens is 481 g/mol. The van der Waals surface area contributed by atoms with Crippen molar-refractivity contribution in [2.24, 2.45) is 11.7 Å². The Morgan fingerprint density at radius 3 is 2.77 bits per heavy atom. The van der Waals surface area contributed by atoms with Crippen molar-refractivity contribution in [3.05, 3.63) is 49.1 Å². The minimum Gasteiger partial charge on any atom is -0.365 e. The van der Waals surface area contributed by atoms with E-state index in [4.69, 9.17) is 41.2 Å². The van der Waals surface area contributed by atoms with Gasteiger partial charge in [-0.25, -0.2) is 0 Å². The number of hydrogen-bond acceptors (Lipinski definition) is 5. The van der Waals surface area contributed by atoms with Crippen LogP contribution in [0.3, 0.4) is 0 Å². The molecular formula is C20H17Cl2N3O2S3. The van der Waals surface area contributed by atoms with E-state index in [1.807, 2.05) is 0 Å². The van der Waals surface area contributed by atoms with Crippen LogP contribution < -0.4 is 16.4 Å². The summed E-state index contributed by atoms with van der Waals surface area (Å²) < 4.78 is 0.813. The Morgan fingerprint density at radius 1 is 1.27 bits per heavy atom. The topological polar surface area (TPSA) is 84.2 Å². The van der Waals surface area contributed by atoms with Crippen molar-refractivity contribution in [3.63, 3.8) is 0 Å². The second-order valence-corrected chi connectivity index (χ2v) is 10.6. The maximum atomic E-state index is 12.7. The van der Waals surface area contributed by atoms with E-state index in [0.717, 1.165) is 39.8 Å². The summed E-state index contributed by atoms with van der Waals surface area (Å²) >= 11 is 20.4. The van der Waals surface area contributed by atoms with Gasteiger partial charge in [0.2, 0.25) is 0 Å². The number of thiophene rings is 2. The van der Waals surface area contributed by atoms with Crippen molar-refractivity contribution in [1.82, 2.24) is 5.32 Å². The van der Waals surface area contributed by atoms with E-state index in [2.05, 4.69) is 17.6 Å². The van der Waals surface area contributed by atoms with Crippen molar-refractivity contribution in [2.45, 2.75) is 26.2 Å². The lowest BCUT2D eigenvalue weighted by Gasteiger charge is -2.18. The Bertz CT molecular complexity index is 1200. The molecule has 0 aliphatic heterocycles. The number of carbonyl (C=O) groups excluding carboxylic acids is 2. The van der Waals surface area contributed by atoms with Gasteiger partial charge < -0.3 is 11.1 Å². The Kier molecular flexibility index (Phi) is 6.05. The SMILES string of the molecule is C[C@H]1CCc2c(sc(NC(=S)NC(=O)c3sc4cc(Cl)ccc4c3Cl)c2C(N)=O)C1. The molecule has 0 fully saturated rings. The summed E-state index contributed by atoms with van der Waals surface area (Å²) in [5.41, 5.74) is 7.09. The molecule has 5 nitrogen and oxygen atoms in total. The summed E-state index contributed by atoms with van der Waals surface area (Å²) in [6.07, 6.45) is 2.73. The van der Waals surface area contributed by atoms with E-state index in [0.29, 0.717) is 31.4 Å². The molecule has 0 saturated carbocycles. The molecule has 0 spiro atoms. The summed E-state index contributed by atoms with van der Waals surface area (Å²) in [6.45, 7) is 2.19. The van der Waals surface area contributed by atoms with Crippen molar-refractivity contribution in [1.29, 1.82) is 0 Å². The van der Waals surface area contributed by atoms with Gasteiger partial charge in [-0.1, -0.05) is 36.2 Å². The maximum Gasteiger partial charge on any atom is 0.269 e. The minimum absolute atomic E-state index is 0.0840. The predicted octanol–water partition coefficient (Wildman–Crippen LogP) is 5.62. The number of amides is 2. The first-order chi connectivity index (χ1) is 14.2. The second kappa shape index (κ2) is 8.43. The second-order valence-electron chi connectivity index (χ2n) is 7.21. The summed E-state index contributed by atoms with van der Waals surface area (Å²) in [6, 6.07) is 5.26. The van der Waals surface area contributed by atoms with Crippen LogP contribution in [0.2, 0.25) is 10.0 Å². The first kappa shape index (κ1) is 21.5. The Labute approximate surface area is 196 Å². The third kappa shape index (κ3) is 4.07. The van der Waals surface area contributed by atoms with E-state index in [1.54, 1.807) is 18.2 Å². The maximum absolute atomic E-state index is 12.7. The molecule has 4 N–H and O–H groups in total. The number of carbonyl (C=O) groups is 2. The van der Waals surface area contributed by atoms with Crippen LogP contribution in [-0.2, 0) is 12.8 Å². The van der Waals surface area contributed by atoms with Crippen molar-refractivity contribution < 1.29 is 9.59 Å². The summed E-state index contributed by atoms with van der Waals surface area (Å²) in [7, 11) is 0. The van der Waals surface area contributed by atoms with E-state index in [-0.39, 0.29) is 5.11 Å². The number of rotatable bonds is 3. The highest BCUT2D eigenvalue weighted by molar-refractivity contribution is 7.80. The van der Waals surface area contributed by atoms with Gasteiger partial charge in [-0.3, -0.25) is 14.9 Å². The van der Waals surface area contributed by atoms with Crippen LogP contribution in [0, 0.1) is 5.92 Å². The van der Waals surface area contributed by atoms with Crippen LogP contribution in [0.25, 0.3) is 10.1 Å². The molecule has 2 heterocycles. The van der Waals surface area contributed by atoms with Crippen LogP contribution in [0.5, 0.6) is 0 Å². The van der Waals surface area contributed by atoms with E-state index < -0.39 is 11.8 Å². The van der Waals surface area contributed by atoms with Crippen LogP contribution >= 0.6 is 58.1 Å². The molecule has 0 bridgehead atoms. The Morgan fingerprint density at radius 2 is 2.03 bits per heavy atom. The van der Waals surface area contributed by atoms with Crippen LogP contribution in [0.4, 0.5) is 5.00 Å². The highest BCUT2D eigenvalue weighted by Crippen LogP contribution is 2.40. The third-order valence-corrected chi connectivity index (χ3v) is 8.27. The zero-order valence-corrected chi connectivity index (χ0v) is 19.8. The monoisotopic (exact) mass is 497 g/mol. The minimum atomic E-state index is -0.497. The number of nitrogens with one attached hydrogen (secondary N) is 2. The fraction of sp³-hybridized carbons (Fsp3) is 0.250. The summed E-state index contributed by atoms with van der Waals surface area (Å²) in [5.74, 6) is -0.367. The highest BCUT2D eigenvalue weighted by atomic mass is 35.5. The van der Waals surface area contributed by atoms with Gasteiger partial charge in [0, 0.05) is 20.0 Å². The largest absolute Gasteiger partial charge is 0.365 e. The number of fused-ring (bicyclic) bond motifs is 2. The molecule has 2 amide bonds.